The fourth-order valence-electron chi connectivity index (χ4n) is 2.76. The number of nitrogens with two attached hydrogens (primary N) is 1. The van der Waals surface area contributed by atoms with Crippen molar-refractivity contribution in [2.24, 2.45) is 11.8 Å². The summed E-state index contributed by atoms with van der Waals surface area (Å²) in [6, 6.07) is 2.59. The van der Waals surface area contributed by atoms with E-state index in [1.807, 2.05) is 6.07 Å². The first-order valence-electron chi connectivity index (χ1n) is 6.75. The Labute approximate surface area is 108 Å². The molecule has 0 amide bonds. The highest BCUT2D eigenvalue weighted by molar-refractivity contribution is 5.41. The average Bonchev–Trinajstić information content (AvgIpc) is 3.00. The van der Waals surface area contributed by atoms with Gasteiger partial charge in [-0.15, -0.1) is 0 Å². The Morgan fingerprint density at radius 3 is 2.94 bits per heavy atom. The lowest BCUT2D eigenvalue weighted by atomic mass is 10.1. The van der Waals surface area contributed by atoms with E-state index in [2.05, 4.69) is 34.4 Å². The zero-order chi connectivity index (χ0) is 12.7. The second kappa shape index (κ2) is 4.39. The molecule has 1 aromatic rings. The Balaban J connectivity index is 1.64. The molecule has 2 heterocycles. The predicted molar refractivity (Wildman–Crippen MR) is 72.4 cm³/mol. The fourth-order valence-corrected chi connectivity index (χ4v) is 2.76. The molecular weight excluding hydrogens is 226 g/mol. The molecule has 4 N–H and O–H groups in total. The third-order valence-corrected chi connectivity index (χ3v) is 3.99. The Bertz CT molecular complexity index is 445. The third kappa shape index (κ3) is 2.27. The maximum atomic E-state index is 5.74. The molecule has 3 atom stereocenters. The number of hydrogen-bond acceptors (Lipinski definition) is 5. The van der Waals surface area contributed by atoms with Crippen LogP contribution in [0.15, 0.2) is 6.07 Å². The second-order valence-corrected chi connectivity index (χ2v) is 5.75. The van der Waals surface area contributed by atoms with Gasteiger partial charge < -0.3 is 16.4 Å². The van der Waals surface area contributed by atoms with Crippen molar-refractivity contribution in [3.05, 3.63) is 11.8 Å². The maximum absolute atomic E-state index is 5.74. The molecule has 1 aliphatic carbocycles. The van der Waals surface area contributed by atoms with Gasteiger partial charge in [0.25, 0.3) is 0 Å². The fraction of sp³-hybridized carbons (Fsp3) is 0.692. The standard InChI is InChI=1S/C13H21N5/c1-7(2)10-4-12(18-13(14)17-10)16-6-11-9-3-8(9)5-15-11/h4,7-9,11,15H,3,5-6H2,1-2H3,(H3,14,16,17,18). The van der Waals surface area contributed by atoms with E-state index in [1.165, 1.54) is 13.0 Å². The van der Waals surface area contributed by atoms with Crippen molar-refractivity contribution >= 4 is 11.8 Å². The number of nitrogens with zero attached hydrogens (tertiary/aromatic N) is 2. The normalized spacial score (nSPS) is 29.4. The summed E-state index contributed by atoms with van der Waals surface area (Å²) in [4.78, 5) is 8.49. The SMILES string of the molecule is CC(C)c1cc(NCC2NCC3CC32)nc(N)n1. The van der Waals surface area contributed by atoms with E-state index in [9.17, 15) is 0 Å². The monoisotopic (exact) mass is 247 g/mol. The largest absolute Gasteiger partial charge is 0.368 e. The van der Waals surface area contributed by atoms with Crippen molar-refractivity contribution in [2.45, 2.75) is 32.2 Å². The van der Waals surface area contributed by atoms with Crippen molar-refractivity contribution in [3.8, 4) is 0 Å². The molecule has 1 aromatic heterocycles. The van der Waals surface area contributed by atoms with Crippen LogP contribution in [0.4, 0.5) is 11.8 Å². The van der Waals surface area contributed by atoms with Gasteiger partial charge in [0.15, 0.2) is 0 Å². The summed E-state index contributed by atoms with van der Waals surface area (Å²) in [6.07, 6.45) is 1.39. The van der Waals surface area contributed by atoms with Gasteiger partial charge in [-0.1, -0.05) is 13.8 Å². The molecule has 0 radical (unpaired) electrons. The van der Waals surface area contributed by atoms with Crippen LogP contribution < -0.4 is 16.4 Å². The number of aromatic nitrogens is 2. The molecule has 1 saturated carbocycles. The minimum atomic E-state index is 0.354. The van der Waals surface area contributed by atoms with Gasteiger partial charge in [0.2, 0.25) is 5.95 Å². The van der Waals surface area contributed by atoms with Gasteiger partial charge in [0, 0.05) is 18.7 Å². The summed E-state index contributed by atoms with van der Waals surface area (Å²) in [5.74, 6) is 3.37. The van der Waals surface area contributed by atoms with Crippen LogP contribution in [0.5, 0.6) is 0 Å². The third-order valence-electron chi connectivity index (χ3n) is 3.99. The number of anilines is 2. The summed E-state index contributed by atoms with van der Waals surface area (Å²) in [7, 11) is 0. The number of rotatable bonds is 4. The van der Waals surface area contributed by atoms with E-state index < -0.39 is 0 Å². The molecule has 2 fully saturated rings. The molecule has 98 valence electrons. The van der Waals surface area contributed by atoms with E-state index in [-0.39, 0.29) is 0 Å². The lowest BCUT2D eigenvalue weighted by Crippen LogP contribution is -2.33. The van der Waals surface area contributed by atoms with E-state index in [4.69, 9.17) is 5.73 Å². The van der Waals surface area contributed by atoms with E-state index >= 15 is 0 Å². The first-order chi connectivity index (χ1) is 8.63. The van der Waals surface area contributed by atoms with Crippen LogP contribution in [-0.4, -0.2) is 29.1 Å². The Morgan fingerprint density at radius 2 is 2.33 bits per heavy atom. The molecule has 2 aliphatic rings. The molecule has 5 heteroatoms. The lowest BCUT2D eigenvalue weighted by Gasteiger charge is -2.15. The van der Waals surface area contributed by atoms with Crippen LogP contribution in [0, 0.1) is 11.8 Å². The van der Waals surface area contributed by atoms with Crippen molar-refractivity contribution < 1.29 is 0 Å². The van der Waals surface area contributed by atoms with Crippen LogP contribution in [0.2, 0.25) is 0 Å². The van der Waals surface area contributed by atoms with E-state index in [0.29, 0.717) is 17.9 Å². The van der Waals surface area contributed by atoms with E-state index in [0.717, 1.165) is 29.9 Å². The van der Waals surface area contributed by atoms with Crippen molar-refractivity contribution in [3.63, 3.8) is 0 Å². The topological polar surface area (TPSA) is 75.9 Å². The highest BCUT2D eigenvalue weighted by Crippen LogP contribution is 2.44. The second-order valence-electron chi connectivity index (χ2n) is 5.75. The minimum absolute atomic E-state index is 0.354. The Hall–Kier alpha value is -1.36. The van der Waals surface area contributed by atoms with Gasteiger partial charge in [0.05, 0.1) is 5.69 Å². The summed E-state index contributed by atoms with van der Waals surface area (Å²) in [6.45, 7) is 6.33. The molecule has 0 aromatic carbocycles. The first-order valence-corrected chi connectivity index (χ1v) is 6.75. The van der Waals surface area contributed by atoms with E-state index in [1.54, 1.807) is 0 Å². The van der Waals surface area contributed by atoms with Crippen molar-refractivity contribution in [1.29, 1.82) is 0 Å². The highest BCUT2D eigenvalue weighted by atomic mass is 15.1. The summed E-state index contributed by atoms with van der Waals surface area (Å²) in [5, 5.41) is 6.93. The molecular formula is C13H21N5. The molecule has 1 aliphatic heterocycles. The van der Waals surface area contributed by atoms with Gasteiger partial charge >= 0.3 is 0 Å². The lowest BCUT2D eigenvalue weighted by molar-refractivity contribution is 0.556. The number of nitrogen functional groups attached to an aromatic ring is 1. The summed E-state index contributed by atoms with van der Waals surface area (Å²) in [5.41, 5.74) is 6.73. The molecule has 0 bridgehead atoms. The average molecular weight is 247 g/mol. The molecule has 0 spiro atoms. The van der Waals surface area contributed by atoms with Crippen LogP contribution in [0.1, 0.15) is 31.9 Å². The number of hydrogen-bond donors (Lipinski definition) is 3. The number of nitrogens with one attached hydrogen (secondary N) is 2. The highest BCUT2D eigenvalue weighted by Gasteiger charge is 2.47. The first kappa shape index (κ1) is 11.7. The van der Waals surface area contributed by atoms with Crippen LogP contribution in [-0.2, 0) is 0 Å². The predicted octanol–water partition coefficient (Wildman–Crippen LogP) is 1.20. The van der Waals surface area contributed by atoms with Crippen LogP contribution in [0.3, 0.4) is 0 Å². The van der Waals surface area contributed by atoms with Gasteiger partial charge in [-0.3, -0.25) is 0 Å². The quantitative estimate of drug-likeness (QED) is 0.745. The van der Waals surface area contributed by atoms with Gasteiger partial charge in [-0.05, 0) is 30.7 Å². The number of fused-ring (bicyclic) bond motifs is 1. The van der Waals surface area contributed by atoms with Crippen molar-refractivity contribution in [1.82, 2.24) is 15.3 Å². The molecule has 3 rings (SSSR count). The summed E-state index contributed by atoms with van der Waals surface area (Å²) >= 11 is 0. The Morgan fingerprint density at radius 1 is 1.50 bits per heavy atom. The molecule has 18 heavy (non-hydrogen) atoms. The van der Waals surface area contributed by atoms with Gasteiger partial charge in [-0.25, -0.2) is 4.98 Å². The van der Waals surface area contributed by atoms with Crippen LogP contribution in [0.25, 0.3) is 0 Å². The zero-order valence-electron chi connectivity index (χ0n) is 11.0. The molecule has 5 nitrogen and oxygen atoms in total. The Kier molecular flexibility index (Phi) is 2.86. The number of piperidine rings is 1. The molecule has 3 unspecified atom stereocenters. The zero-order valence-corrected chi connectivity index (χ0v) is 11.0. The van der Waals surface area contributed by atoms with Gasteiger partial charge in [0.1, 0.15) is 5.82 Å². The van der Waals surface area contributed by atoms with Crippen molar-refractivity contribution in [2.75, 3.05) is 24.1 Å². The summed E-state index contributed by atoms with van der Waals surface area (Å²) < 4.78 is 0. The molecule has 1 saturated heterocycles. The van der Waals surface area contributed by atoms with Gasteiger partial charge in [-0.2, -0.15) is 4.98 Å². The maximum Gasteiger partial charge on any atom is 0.222 e. The van der Waals surface area contributed by atoms with Crippen LogP contribution >= 0.6 is 0 Å². The minimum Gasteiger partial charge on any atom is -0.368 e. The smallest absolute Gasteiger partial charge is 0.222 e.